The summed E-state index contributed by atoms with van der Waals surface area (Å²) in [5, 5.41) is 0. The third-order valence-electron chi connectivity index (χ3n) is 4.59. The van der Waals surface area contributed by atoms with Gasteiger partial charge in [0, 0.05) is 31.9 Å². The lowest BCUT2D eigenvalue weighted by molar-refractivity contribution is -0.118. The molecular formula is C19H23N3O4S. The number of carbonyl (C=O) groups is 1. The number of sulfonamides is 1. The number of ether oxygens (including phenoxy) is 1. The molecule has 0 saturated carbocycles. The molecule has 0 atom stereocenters. The zero-order valence-corrected chi connectivity index (χ0v) is 16.2. The monoisotopic (exact) mass is 389 g/mol. The van der Waals surface area contributed by atoms with Gasteiger partial charge < -0.3 is 14.5 Å². The van der Waals surface area contributed by atoms with E-state index in [2.05, 4.69) is 9.62 Å². The van der Waals surface area contributed by atoms with Crippen molar-refractivity contribution in [1.29, 1.82) is 0 Å². The molecule has 8 heteroatoms. The minimum Gasteiger partial charge on any atom is -0.495 e. The van der Waals surface area contributed by atoms with Crippen molar-refractivity contribution in [3.63, 3.8) is 0 Å². The SMILES string of the molecule is COc1ccc(N2CCN(C=O)CC2)cc1NS(=O)(=O)c1ccc(C)cc1. The highest BCUT2D eigenvalue weighted by Crippen LogP contribution is 2.32. The molecule has 1 saturated heterocycles. The molecule has 2 aromatic rings. The largest absolute Gasteiger partial charge is 0.495 e. The first kappa shape index (κ1) is 19.0. The quantitative estimate of drug-likeness (QED) is 0.766. The van der Waals surface area contributed by atoms with Crippen molar-refractivity contribution in [3.05, 3.63) is 48.0 Å². The predicted octanol–water partition coefficient (Wildman–Crippen LogP) is 2.08. The van der Waals surface area contributed by atoms with Gasteiger partial charge in [0.1, 0.15) is 5.75 Å². The van der Waals surface area contributed by atoms with Crippen LogP contribution in [-0.4, -0.2) is 53.0 Å². The molecule has 0 spiro atoms. The third-order valence-corrected chi connectivity index (χ3v) is 5.97. The Kier molecular flexibility index (Phi) is 5.55. The number of carbonyl (C=O) groups excluding carboxylic acids is 1. The van der Waals surface area contributed by atoms with Gasteiger partial charge in [-0.25, -0.2) is 8.42 Å². The van der Waals surface area contributed by atoms with E-state index in [1.807, 2.05) is 13.0 Å². The van der Waals surface area contributed by atoms with E-state index in [1.165, 1.54) is 7.11 Å². The van der Waals surface area contributed by atoms with Gasteiger partial charge in [0.15, 0.2) is 0 Å². The molecule has 0 unspecified atom stereocenters. The van der Waals surface area contributed by atoms with E-state index in [4.69, 9.17) is 4.74 Å². The van der Waals surface area contributed by atoms with Crippen LogP contribution in [0.15, 0.2) is 47.4 Å². The Hall–Kier alpha value is -2.74. The van der Waals surface area contributed by atoms with Crippen LogP contribution in [0.2, 0.25) is 0 Å². The average Bonchev–Trinajstić information content (AvgIpc) is 2.68. The maximum absolute atomic E-state index is 12.7. The number of benzene rings is 2. The van der Waals surface area contributed by atoms with Crippen molar-refractivity contribution in [2.24, 2.45) is 0 Å². The van der Waals surface area contributed by atoms with Crippen LogP contribution in [0.25, 0.3) is 0 Å². The Morgan fingerprint density at radius 2 is 1.70 bits per heavy atom. The van der Waals surface area contributed by atoms with E-state index in [0.717, 1.165) is 17.7 Å². The summed E-state index contributed by atoms with van der Waals surface area (Å²) in [6.07, 6.45) is 0.854. The van der Waals surface area contributed by atoms with Gasteiger partial charge in [-0.1, -0.05) is 17.7 Å². The molecule has 0 bridgehead atoms. The summed E-state index contributed by atoms with van der Waals surface area (Å²) in [7, 11) is -2.22. The molecule has 2 aromatic carbocycles. The topological polar surface area (TPSA) is 79.0 Å². The summed E-state index contributed by atoms with van der Waals surface area (Å²) < 4.78 is 33.4. The van der Waals surface area contributed by atoms with E-state index in [-0.39, 0.29) is 4.90 Å². The fourth-order valence-electron chi connectivity index (χ4n) is 2.98. The number of amides is 1. The van der Waals surface area contributed by atoms with E-state index in [1.54, 1.807) is 41.3 Å². The van der Waals surface area contributed by atoms with Crippen molar-refractivity contribution < 1.29 is 17.9 Å². The van der Waals surface area contributed by atoms with Gasteiger partial charge in [0.05, 0.1) is 17.7 Å². The first-order valence-corrected chi connectivity index (χ1v) is 10.1. The van der Waals surface area contributed by atoms with Crippen molar-refractivity contribution in [1.82, 2.24) is 4.90 Å². The molecular weight excluding hydrogens is 366 g/mol. The number of nitrogens with one attached hydrogen (secondary N) is 1. The fraction of sp³-hybridized carbons (Fsp3) is 0.316. The summed E-state index contributed by atoms with van der Waals surface area (Å²) >= 11 is 0. The van der Waals surface area contributed by atoms with Gasteiger partial charge in [0.25, 0.3) is 10.0 Å². The Labute approximate surface area is 159 Å². The van der Waals surface area contributed by atoms with Gasteiger partial charge in [0.2, 0.25) is 6.41 Å². The summed E-state index contributed by atoms with van der Waals surface area (Å²) in [4.78, 5) is 14.9. The average molecular weight is 389 g/mol. The van der Waals surface area contributed by atoms with E-state index >= 15 is 0 Å². The second-order valence-electron chi connectivity index (χ2n) is 6.43. The van der Waals surface area contributed by atoms with Crippen LogP contribution in [0, 0.1) is 6.92 Å². The maximum Gasteiger partial charge on any atom is 0.262 e. The summed E-state index contributed by atoms with van der Waals surface area (Å²) in [5.74, 6) is 0.445. The molecule has 27 heavy (non-hydrogen) atoms. The minimum atomic E-state index is -3.73. The lowest BCUT2D eigenvalue weighted by Gasteiger charge is -2.34. The maximum atomic E-state index is 12.7. The number of methoxy groups -OCH3 is 1. The molecule has 0 aliphatic carbocycles. The van der Waals surface area contributed by atoms with Crippen LogP contribution in [-0.2, 0) is 14.8 Å². The lowest BCUT2D eigenvalue weighted by Crippen LogP contribution is -2.45. The fourth-order valence-corrected chi connectivity index (χ4v) is 4.04. The molecule has 144 valence electrons. The number of hydrogen-bond acceptors (Lipinski definition) is 5. The van der Waals surface area contributed by atoms with Crippen LogP contribution in [0.4, 0.5) is 11.4 Å². The molecule has 1 aliphatic rings. The second-order valence-corrected chi connectivity index (χ2v) is 8.11. The van der Waals surface area contributed by atoms with Crippen LogP contribution in [0.5, 0.6) is 5.75 Å². The summed E-state index contributed by atoms with van der Waals surface area (Å²) in [6, 6.07) is 12.1. The summed E-state index contributed by atoms with van der Waals surface area (Å²) in [5.41, 5.74) is 2.25. The molecule has 1 fully saturated rings. The Bertz CT molecular complexity index is 905. The second kappa shape index (κ2) is 7.87. The van der Waals surface area contributed by atoms with Crippen LogP contribution >= 0.6 is 0 Å². The smallest absolute Gasteiger partial charge is 0.262 e. The molecule has 3 rings (SSSR count). The number of rotatable bonds is 6. The highest BCUT2D eigenvalue weighted by molar-refractivity contribution is 7.92. The first-order chi connectivity index (χ1) is 12.9. The molecule has 1 N–H and O–H groups in total. The highest BCUT2D eigenvalue weighted by atomic mass is 32.2. The normalized spacial score (nSPS) is 14.7. The Morgan fingerprint density at radius 1 is 1.04 bits per heavy atom. The predicted molar refractivity (Wildman–Crippen MR) is 105 cm³/mol. The zero-order valence-electron chi connectivity index (χ0n) is 15.4. The van der Waals surface area contributed by atoms with Gasteiger partial charge >= 0.3 is 0 Å². The van der Waals surface area contributed by atoms with Gasteiger partial charge in [-0.3, -0.25) is 9.52 Å². The van der Waals surface area contributed by atoms with Crippen LogP contribution in [0.3, 0.4) is 0 Å². The van der Waals surface area contributed by atoms with Crippen LogP contribution in [0.1, 0.15) is 5.56 Å². The number of anilines is 2. The third kappa shape index (κ3) is 4.33. The number of piperazine rings is 1. The molecule has 0 radical (unpaired) electrons. The van der Waals surface area contributed by atoms with E-state index in [9.17, 15) is 13.2 Å². The van der Waals surface area contributed by atoms with Gasteiger partial charge in [-0.15, -0.1) is 0 Å². The van der Waals surface area contributed by atoms with Crippen molar-refractivity contribution >= 4 is 27.8 Å². The Balaban J connectivity index is 1.85. The highest BCUT2D eigenvalue weighted by Gasteiger charge is 2.20. The van der Waals surface area contributed by atoms with Crippen molar-refractivity contribution in [2.75, 3.05) is 42.9 Å². The van der Waals surface area contributed by atoms with E-state index in [0.29, 0.717) is 37.6 Å². The Morgan fingerprint density at radius 3 is 2.30 bits per heavy atom. The zero-order chi connectivity index (χ0) is 19.4. The lowest BCUT2D eigenvalue weighted by atomic mass is 10.2. The standard InChI is InChI=1S/C19H23N3O4S/c1-15-3-6-17(7-4-15)27(24,25)20-18-13-16(5-8-19(18)26-2)22-11-9-21(14-23)10-12-22/h3-8,13-14,20H,9-12H2,1-2H3. The number of hydrogen-bond donors (Lipinski definition) is 1. The molecule has 0 aromatic heterocycles. The van der Waals surface area contributed by atoms with Gasteiger partial charge in [-0.05, 0) is 37.3 Å². The first-order valence-electron chi connectivity index (χ1n) is 8.65. The van der Waals surface area contributed by atoms with Crippen LogP contribution < -0.4 is 14.4 Å². The number of aryl methyl sites for hydroxylation is 1. The van der Waals surface area contributed by atoms with Gasteiger partial charge in [-0.2, -0.15) is 0 Å². The molecule has 7 nitrogen and oxygen atoms in total. The van der Waals surface area contributed by atoms with Crippen molar-refractivity contribution in [2.45, 2.75) is 11.8 Å². The van der Waals surface area contributed by atoms with E-state index < -0.39 is 10.0 Å². The minimum absolute atomic E-state index is 0.195. The van der Waals surface area contributed by atoms with Crippen molar-refractivity contribution in [3.8, 4) is 5.75 Å². The molecule has 1 amide bonds. The number of nitrogens with zero attached hydrogens (tertiary/aromatic N) is 2. The molecule has 1 heterocycles. The summed E-state index contributed by atoms with van der Waals surface area (Å²) in [6.45, 7) is 4.56. The molecule has 1 aliphatic heterocycles.